The highest BCUT2D eigenvalue weighted by Crippen LogP contribution is 2.30. The second-order valence-corrected chi connectivity index (χ2v) is 6.66. The molecule has 1 aromatic heterocycles. The molecule has 0 fully saturated rings. The molecule has 6 nitrogen and oxygen atoms in total. The van der Waals surface area contributed by atoms with Gasteiger partial charge in [-0.25, -0.2) is 9.18 Å². The molecule has 8 heteroatoms. The third kappa shape index (κ3) is 4.12. The van der Waals surface area contributed by atoms with E-state index < -0.39 is 30.2 Å². The van der Waals surface area contributed by atoms with Crippen LogP contribution in [0.5, 0.6) is 0 Å². The summed E-state index contributed by atoms with van der Waals surface area (Å²) in [5.41, 5.74) is 4.72. The smallest absolute Gasteiger partial charge is 0.349 e. The van der Waals surface area contributed by atoms with Crippen LogP contribution in [-0.4, -0.2) is 24.4 Å². The molecule has 0 aliphatic carbocycles. The number of aryl methyl sites for hydroxylation is 1. The van der Waals surface area contributed by atoms with Gasteiger partial charge in [-0.1, -0.05) is 30.3 Å². The highest BCUT2D eigenvalue weighted by atomic mass is 32.1. The molecule has 27 heavy (non-hydrogen) atoms. The predicted octanol–water partition coefficient (Wildman–Crippen LogP) is 2.97. The van der Waals surface area contributed by atoms with Gasteiger partial charge < -0.3 is 4.74 Å². The number of carbonyl (C=O) groups is 3. The Labute approximate surface area is 157 Å². The minimum Gasteiger partial charge on any atom is -0.451 e. The number of ether oxygens (including phenoxy) is 1. The van der Waals surface area contributed by atoms with E-state index >= 15 is 0 Å². The van der Waals surface area contributed by atoms with Crippen LogP contribution in [0.2, 0.25) is 0 Å². The maximum absolute atomic E-state index is 13.5. The van der Waals surface area contributed by atoms with Crippen LogP contribution in [0.15, 0.2) is 48.5 Å². The van der Waals surface area contributed by atoms with E-state index in [4.69, 9.17) is 4.74 Å². The Kier molecular flexibility index (Phi) is 5.46. The lowest BCUT2D eigenvalue weighted by Crippen LogP contribution is -2.43. The van der Waals surface area contributed by atoms with Crippen molar-refractivity contribution >= 4 is 39.2 Å². The molecule has 0 unspecified atom stereocenters. The summed E-state index contributed by atoms with van der Waals surface area (Å²) in [7, 11) is 0. The molecule has 1 heterocycles. The topological polar surface area (TPSA) is 84.5 Å². The van der Waals surface area contributed by atoms with Crippen LogP contribution in [-0.2, 0) is 9.53 Å². The number of esters is 1. The molecular weight excluding hydrogens is 371 g/mol. The Morgan fingerprint density at radius 1 is 1.04 bits per heavy atom. The molecule has 0 aliphatic heterocycles. The summed E-state index contributed by atoms with van der Waals surface area (Å²) in [6.07, 6.45) is 0. The highest BCUT2D eigenvalue weighted by Gasteiger charge is 2.18. The van der Waals surface area contributed by atoms with E-state index in [0.717, 1.165) is 21.7 Å². The number of hydrogen-bond acceptors (Lipinski definition) is 5. The van der Waals surface area contributed by atoms with Crippen LogP contribution in [0.4, 0.5) is 4.39 Å². The molecule has 3 aromatic rings. The predicted molar refractivity (Wildman–Crippen MR) is 98.9 cm³/mol. The zero-order valence-electron chi connectivity index (χ0n) is 14.2. The van der Waals surface area contributed by atoms with Gasteiger partial charge in [-0.2, -0.15) is 0 Å². The van der Waals surface area contributed by atoms with Crippen molar-refractivity contribution in [2.75, 3.05) is 6.61 Å². The van der Waals surface area contributed by atoms with Gasteiger partial charge in [0.05, 0.1) is 5.56 Å². The third-order valence-electron chi connectivity index (χ3n) is 3.80. The number of halogens is 1. The molecule has 138 valence electrons. The molecule has 0 saturated carbocycles. The molecule has 0 saturated heterocycles. The number of hydrogen-bond donors (Lipinski definition) is 2. The maximum atomic E-state index is 13.5. The maximum Gasteiger partial charge on any atom is 0.349 e. The van der Waals surface area contributed by atoms with Crippen LogP contribution in [0, 0.1) is 12.7 Å². The van der Waals surface area contributed by atoms with E-state index in [2.05, 4.69) is 10.9 Å². The number of rotatable bonds is 4. The van der Waals surface area contributed by atoms with Crippen molar-refractivity contribution in [3.63, 3.8) is 0 Å². The standard InChI is InChI=1S/C19H15FN2O4S/c1-11-12-6-3-5-9-15(12)27-17(11)19(25)26-10-16(23)21-22-18(24)13-7-2-4-8-14(13)20/h2-9H,10H2,1H3,(H,21,23)(H,22,24). The number of hydrazine groups is 1. The van der Waals surface area contributed by atoms with Crippen LogP contribution < -0.4 is 10.9 Å². The number of amides is 2. The average Bonchev–Trinajstić information content (AvgIpc) is 3.01. The van der Waals surface area contributed by atoms with Gasteiger partial charge in [-0.3, -0.25) is 20.4 Å². The lowest BCUT2D eigenvalue weighted by molar-refractivity contribution is -0.125. The molecular formula is C19H15FN2O4S. The van der Waals surface area contributed by atoms with Gasteiger partial charge in [0.25, 0.3) is 11.8 Å². The molecule has 0 atom stereocenters. The first-order chi connectivity index (χ1) is 13.0. The molecule has 0 aliphatic rings. The highest BCUT2D eigenvalue weighted by molar-refractivity contribution is 7.21. The zero-order chi connectivity index (χ0) is 19.4. The molecule has 0 spiro atoms. The van der Waals surface area contributed by atoms with Gasteiger partial charge in [0, 0.05) is 4.70 Å². The fourth-order valence-electron chi connectivity index (χ4n) is 2.44. The van der Waals surface area contributed by atoms with Crippen molar-refractivity contribution in [3.8, 4) is 0 Å². The van der Waals surface area contributed by atoms with Crippen molar-refractivity contribution < 1.29 is 23.5 Å². The molecule has 2 N–H and O–H groups in total. The molecule has 2 aromatic carbocycles. The Morgan fingerprint density at radius 2 is 1.74 bits per heavy atom. The molecule has 0 radical (unpaired) electrons. The number of thiophene rings is 1. The van der Waals surface area contributed by atoms with E-state index in [1.165, 1.54) is 29.5 Å². The fraction of sp³-hybridized carbons (Fsp3) is 0.105. The van der Waals surface area contributed by atoms with Gasteiger partial charge in [0.15, 0.2) is 6.61 Å². The summed E-state index contributed by atoms with van der Waals surface area (Å²) in [6, 6.07) is 12.9. The van der Waals surface area contributed by atoms with Gasteiger partial charge in [0.1, 0.15) is 10.7 Å². The Balaban J connectivity index is 1.54. The first kappa shape index (κ1) is 18.5. The second kappa shape index (κ2) is 7.96. The summed E-state index contributed by atoms with van der Waals surface area (Å²) in [6.45, 7) is 1.23. The van der Waals surface area contributed by atoms with Crippen molar-refractivity contribution in [3.05, 3.63) is 70.4 Å². The van der Waals surface area contributed by atoms with Crippen LogP contribution >= 0.6 is 11.3 Å². The van der Waals surface area contributed by atoms with Crippen molar-refractivity contribution in [2.24, 2.45) is 0 Å². The normalized spacial score (nSPS) is 10.4. The average molecular weight is 386 g/mol. The monoisotopic (exact) mass is 386 g/mol. The van der Waals surface area contributed by atoms with Crippen molar-refractivity contribution in [1.82, 2.24) is 10.9 Å². The Bertz CT molecular complexity index is 1030. The minimum absolute atomic E-state index is 0.212. The molecule has 3 rings (SSSR count). The van der Waals surface area contributed by atoms with Crippen LogP contribution in [0.1, 0.15) is 25.6 Å². The largest absolute Gasteiger partial charge is 0.451 e. The van der Waals surface area contributed by atoms with Crippen molar-refractivity contribution in [1.29, 1.82) is 0 Å². The Hall–Kier alpha value is -3.26. The van der Waals surface area contributed by atoms with Gasteiger partial charge in [-0.15, -0.1) is 11.3 Å². The van der Waals surface area contributed by atoms with E-state index in [9.17, 15) is 18.8 Å². The first-order valence-corrected chi connectivity index (χ1v) is 8.78. The molecule has 2 amide bonds. The SMILES string of the molecule is Cc1c(C(=O)OCC(=O)NNC(=O)c2ccccc2F)sc2ccccc12. The Morgan fingerprint density at radius 3 is 2.48 bits per heavy atom. The van der Waals surface area contributed by atoms with Gasteiger partial charge in [-0.05, 0) is 36.1 Å². The lowest BCUT2D eigenvalue weighted by Gasteiger charge is -2.08. The van der Waals surface area contributed by atoms with E-state index in [1.807, 2.05) is 31.2 Å². The van der Waals surface area contributed by atoms with Crippen molar-refractivity contribution in [2.45, 2.75) is 6.92 Å². The number of benzene rings is 2. The minimum atomic E-state index is -0.812. The van der Waals surface area contributed by atoms with Crippen LogP contribution in [0.3, 0.4) is 0 Å². The quantitative estimate of drug-likeness (QED) is 0.533. The first-order valence-electron chi connectivity index (χ1n) is 7.96. The number of nitrogens with one attached hydrogen (secondary N) is 2. The second-order valence-electron chi connectivity index (χ2n) is 5.61. The number of fused-ring (bicyclic) bond motifs is 1. The summed E-state index contributed by atoms with van der Waals surface area (Å²) >= 11 is 1.28. The van der Waals surface area contributed by atoms with E-state index in [0.29, 0.717) is 4.88 Å². The van der Waals surface area contributed by atoms with E-state index in [1.54, 1.807) is 0 Å². The number of carbonyl (C=O) groups excluding carboxylic acids is 3. The van der Waals surface area contributed by atoms with Gasteiger partial charge >= 0.3 is 5.97 Å². The summed E-state index contributed by atoms with van der Waals surface area (Å²) in [4.78, 5) is 36.2. The summed E-state index contributed by atoms with van der Waals surface area (Å²) < 4.78 is 19.4. The van der Waals surface area contributed by atoms with E-state index in [-0.39, 0.29) is 5.56 Å². The molecule has 0 bridgehead atoms. The summed E-state index contributed by atoms with van der Waals surface area (Å²) in [5.74, 6) is -2.89. The zero-order valence-corrected chi connectivity index (χ0v) is 15.1. The summed E-state index contributed by atoms with van der Waals surface area (Å²) in [5, 5.41) is 0.955. The van der Waals surface area contributed by atoms with Crippen LogP contribution in [0.25, 0.3) is 10.1 Å². The lowest BCUT2D eigenvalue weighted by atomic mass is 10.1. The van der Waals surface area contributed by atoms with Gasteiger partial charge in [0.2, 0.25) is 0 Å². The third-order valence-corrected chi connectivity index (χ3v) is 5.05. The fourth-order valence-corrected chi connectivity index (χ4v) is 3.54.